The quantitative estimate of drug-likeness (QED) is 0.781. The number of hydrogen-bond acceptors (Lipinski definition) is 5. The van der Waals surface area contributed by atoms with E-state index >= 15 is 0 Å². The van der Waals surface area contributed by atoms with Crippen LogP contribution in [0.3, 0.4) is 0 Å². The molecule has 1 aromatic rings. The van der Waals surface area contributed by atoms with E-state index in [0.717, 1.165) is 4.90 Å². The summed E-state index contributed by atoms with van der Waals surface area (Å²) in [4.78, 5) is 8.73. The van der Waals surface area contributed by atoms with Gasteiger partial charge in [0, 0.05) is 19.2 Å². The van der Waals surface area contributed by atoms with Crippen molar-refractivity contribution in [3.8, 4) is 0 Å². The number of halogens is 4. The van der Waals surface area contributed by atoms with Gasteiger partial charge in [-0.2, -0.15) is 13.2 Å². The number of aromatic nitrogens is 2. The van der Waals surface area contributed by atoms with Crippen LogP contribution in [-0.2, 0) is 11.3 Å². The smallest absolute Gasteiger partial charge is 0.395 e. The maximum absolute atomic E-state index is 12.5. The molecule has 1 heterocycles. The molecule has 0 aliphatic rings. The van der Waals surface area contributed by atoms with Gasteiger partial charge in [0.05, 0.1) is 6.61 Å². The van der Waals surface area contributed by atoms with Crippen molar-refractivity contribution in [2.24, 2.45) is 0 Å². The predicted molar refractivity (Wildman–Crippen MR) is 67.7 cm³/mol. The fourth-order valence-corrected chi connectivity index (χ4v) is 1.68. The lowest BCUT2D eigenvalue weighted by atomic mass is 10.4. The standard InChI is InChI=1S/C11H15ClF3N3O2/c1-2-20-6-9-16-8(12)5-10(17-9)18(3-4-19)7-11(13,14)15/h5,19H,2-4,6-7H2,1H3. The van der Waals surface area contributed by atoms with E-state index in [4.69, 9.17) is 21.4 Å². The summed E-state index contributed by atoms with van der Waals surface area (Å²) in [5.74, 6) is 0.200. The Balaban J connectivity index is 2.96. The molecule has 1 aromatic heterocycles. The third-order valence-corrected chi connectivity index (χ3v) is 2.42. The summed E-state index contributed by atoms with van der Waals surface area (Å²) in [6.45, 7) is 0.388. The number of aliphatic hydroxyl groups is 1. The van der Waals surface area contributed by atoms with Gasteiger partial charge in [-0.05, 0) is 6.92 Å². The van der Waals surface area contributed by atoms with Crippen LogP contribution in [-0.4, -0.2) is 47.6 Å². The molecule has 0 spiro atoms. The van der Waals surface area contributed by atoms with Crippen LogP contribution < -0.4 is 4.90 Å². The summed E-state index contributed by atoms with van der Waals surface area (Å²) >= 11 is 5.77. The SMILES string of the molecule is CCOCc1nc(Cl)cc(N(CCO)CC(F)(F)F)n1. The molecule has 0 radical (unpaired) electrons. The number of hydrogen-bond donors (Lipinski definition) is 1. The van der Waals surface area contributed by atoms with Crippen LogP contribution in [0.25, 0.3) is 0 Å². The highest BCUT2D eigenvalue weighted by atomic mass is 35.5. The van der Waals surface area contributed by atoms with Crippen molar-refractivity contribution in [2.75, 3.05) is 31.2 Å². The molecular weight excluding hydrogens is 299 g/mol. The lowest BCUT2D eigenvalue weighted by Crippen LogP contribution is -2.37. The van der Waals surface area contributed by atoms with Gasteiger partial charge in [0.2, 0.25) is 0 Å². The first-order valence-corrected chi connectivity index (χ1v) is 6.27. The second kappa shape index (κ2) is 7.61. The zero-order valence-corrected chi connectivity index (χ0v) is 11.6. The number of aliphatic hydroxyl groups excluding tert-OH is 1. The van der Waals surface area contributed by atoms with Crippen molar-refractivity contribution >= 4 is 17.4 Å². The van der Waals surface area contributed by atoms with Gasteiger partial charge >= 0.3 is 6.18 Å². The zero-order chi connectivity index (χ0) is 15.2. The van der Waals surface area contributed by atoms with Crippen molar-refractivity contribution in [3.05, 3.63) is 17.0 Å². The molecule has 1 N–H and O–H groups in total. The van der Waals surface area contributed by atoms with Crippen molar-refractivity contribution < 1.29 is 23.0 Å². The zero-order valence-electron chi connectivity index (χ0n) is 10.8. The van der Waals surface area contributed by atoms with Gasteiger partial charge in [-0.25, -0.2) is 9.97 Å². The maximum Gasteiger partial charge on any atom is 0.405 e. The van der Waals surface area contributed by atoms with Gasteiger partial charge < -0.3 is 14.7 Å². The highest BCUT2D eigenvalue weighted by molar-refractivity contribution is 6.29. The van der Waals surface area contributed by atoms with E-state index in [2.05, 4.69) is 9.97 Å². The van der Waals surface area contributed by atoms with Crippen molar-refractivity contribution in [1.82, 2.24) is 9.97 Å². The number of alkyl halides is 3. The maximum atomic E-state index is 12.5. The van der Waals surface area contributed by atoms with E-state index in [1.807, 2.05) is 0 Å². The van der Waals surface area contributed by atoms with E-state index in [1.54, 1.807) is 6.92 Å². The van der Waals surface area contributed by atoms with Crippen LogP contribution >= 0.6 is 11.6 Å². The fraction of sp³-hybridized carbons (Fsp3) is 0.636. The summed E-state index contributed by atoms with van der Waals surface area (Å²) in [7, 11) is 0. The van der Waals surface area contributed by atoms with Crippen LogP contribution in [0.1, 0.15) is 12.7 Å². The minimum atomic E-state index is -4.41. The molecule has 0 aromatic carbocycles. The van der Waals surface area contributed by atoms with E-state index < -0.39 is 19.3 Å². The van der Waals surface area contributed by atoms with Gasteiger partial charge in [-0.1, -0.05) is 11.6 Å². The molecule has 0 amide bonds. The molecule has 0 aliphatic heterocycles. The molecule has 20 heavy (non-hydrogen) atoms. The highest BCUT2D eigenvalue weighted by Crippen LogP contribution is 2.22. The molecule has 0 atom stereocenters. The van der Waals surface area contributed by atoms with Gasteiger partial charge in [0.25, 0.3) is 0 Å². The van der Waals surface area contributed by atoms with Crippen LogP contribution in [0, 0.1) is 0 Å². The Labute approximate surface area is 119 Å². The number of anilines is 1. The van der Waals surface area contributed by atoms with Crippen LogP contribution in [0.5, 0.6) is 0 Å². The van der Waals surface area contributed by atoms with Crippen LogP contribution in [0.15, 0.2) is 6.07 Å². The van der Waals surface area contributed by atoms with Crippen molar-refractivity contribution in [3.63, 3.8) is 0 Å². The minimum Gasteiger partial charge on any atom is -0.395 e. The minimum absolute atomic E-state index is 0.00563. The molecule has 0 unspecified atom stereocenters. The summed E-state index contributed by atoms with van der Waals surface area (Å²) in [5, 5.41) is 8.89. The Kier molecular flexibility index (Phi) is 6.44. The van der Waals surface area contributed by atoms with Crippen LogP contribution in [0.2, 0.25) is 5.15 Å². The Morgan fingerprint density at radius 3 is 2.65 bits per heavy atom. The van der Waals surface area contributed by atoms with E-state index in [-0.39, 0.29) is 29.9 Å². The third-order valence-electron chi connectivity index (χ3n) is 2.23. The lowest BCUT2D eigenvalue weighted by molar-refractivity contribution is -0.120. The third kappa shape index (κ3) is 5.89. The molecule has 0 saturated heterocycles. The molecule has 5 nitrogen and oxygen atoms in total. The Hall–Kier alpha value is -1.12. The molecule has 114 valence electrons. The first-order chi connectivity index (χ1) is 9.35. The Morgan fingerprint density at radius 1 is 1.40 bits per heavy atom. The second-order valence-electron chi connectivity index (χ2n) is 3.86. The van der Waals surface area contributed by atoms with E-state index in [9.17, 15) is 13.2 Å². The fourth-order valence-electron chi connectivity index (χ4n) is 1.48. The van der Waals surface area contributed by atoms with Crippen molar-refractivity contribution in [2.45, 2.75) is 19.7 Å². The Bertz CT molecular complexity index is 432. The molecular formula is C11H15ClF3N3O2. The summed E-state index contributed by atoms with van der Waals surface area (Å²) in [5.41, 5.74) is 0. The monoisotopic (exact) mass is 313 g/mol. The van der Waals surface area contributed by atoms with E-state index in [1.165, 1.54) is 6.07 Å². The molecule has 0 bridgehead atoms. The number of nitrogens with zero attached hydrogens (tertiary/aromatic N) is 3. The van der Waals surface area contributed by atoms with Gasteiger partial charge in [-0.15, -0.1) is 0 Å². The van der Waals surface area contributed by atoms with E-state index in [0.29, 0.717) is 6.61 Å². The molecule has 0 aliphatic carbocycles. The summed E-state index contributed by atoms with van der Waals surface area (Å²) in [6.07, 6.45) is -4.41. The Morgan fingerprint density at radius 2 is 2.10 bits per heavy atom. The molecule has 1 rings (SSSR count). The second-order valence-corrected chi connectivity index (χ2v) is 4.25. The predicted octanol–water partition coefficient (Wildman–Crippen LogP) is 2.03. The van der Waals surface area contributed by atoms with Gasteiger partial charge in [0.15, 0.2) is 5.82 Å². The summed E-state index contributed by atoms with van der Waals surface area (Å²) < 4.78 is 42.6. The average molecular weight is 314 g/mol. The highest BCUT2D eigenvalue weighted by Gasteiger charge is 2.31. The van der Waals surface area contributed by atoms with Gasteiger partial charge in [0.1, 0.15) is 24.1 Å². The normalized spacial score (nSPS) is 11.7. The average Bonchev–Trinajstić information content (AvgIpc) is 2.33. The first-order valence-electron chi connectivity index (χ1n) is 5.89. The lowest BCUT2D eigenvalue weighted by Gasteiger charge is -2.24. The molecule has 0 saturated carbocycles. The largest absolute Gasteiger partial charge is 0.405 e. The molecule has 0 fully saturated rings. The summed E-state index contributed by atoms with van der Waals surface area (Å²) in [6, 6.07) is 1.22. The number of rotatable bonds is 7. The van der Waals surface area contributed by atoms with Gasteiger partial charge in [-0.3, -0.25) is 0 Å². The number of ether oxygens (including phenoxy) is 1. The topological polar surface area (TPSA) is 58.5 Å². The van der Waals surface area contributed by atoms with Crippen LogP contribution in [0.4, 0.5) is 19.0 Å². The molecule has 9 heteroatoms. The van der Waals surface area contributed by atoms with Crippen molar-refractivity contribution in [1.29, 1.82) is 0 Å². The first kappa shape index (κ1) is 16.9.